The van der Waals surface area contributed by atoms with E-state index in [9.17, 15) is 0 Å². The van der Waals surface area contributed by atoms with Gasteiger partial charge < -0.3 is 5.32 Å². The minimum Gasteiger partial charge on any atom is -0.443 e. The molecule has 15 heavy (non-hydrogen) atoms. The molecule has 2 aromatic rings. The van der Waals surface area contributed by atoms with Crippen molar-refractivity contribution in [3.63, 3.8) is 0 Å². The molecule has 0 amide bonds. The summed E-state index contributed by atoms with van der Waals surface area (Å²) in [6, 6.07) is 7.76. The summed E-state index contributed by atoms with van der Waals surface area (Å²) in [5.74, 6) is 0. The van der Waals surface area contributed by atoms with Crippen LogP contribution in [0.4, 0.5) is 5.69 Å². The van der Waals surface area contributed by atoms with Crippen molar-refractivity contribution in [2.45, 2.75) is 6.54 Å². The maximum Gasteiger partial charge on any atom is 0.141 e. The summed E-state index contributed by atoms with van der Waals surface area (Å²) < 4.78 is 1.88. The lowest BCUT2D eigenvalue weighted by atomic mass is 10.2. The number of rotatable bonds is 3. The highest BCUT2D eigenvalue weighted by molar-refractivity contribution is 6.30. The van der Waals surface area contributed by atoms with Gasteiger partial charge in [0.2, 0.25) is 0 Å². The monoisotopic (exact) mass is 221 g/mol. The zero-order chi connectivity index (χ0) is 10.7. The van der Waals surface area contributed by atoms with E-state index in [-0.39, 0.29) is 0 Å². The molecule has 1 aromatic carbocycles. The summed E-state index contributed by atoms with van der Waals surface area (Å²) in [6.07, 6.45) is 3.75. The van der Waals surface area contributed by atoms with E-state index in [0.29, 0.717) is 0 Å². The van der Waals surface area contributed by atoms with Crippen LogP contribution in [0.1, 0.15) is 5.56 Å². The second-order valence-electron chi connectivity index (χ2n) is 3.30. The van der Waals surface area contributed by atoms with Gasteiger partial charge in [-0.1, -0.05) is 23.7 Å². The molecule has 78 valence electrons. The van der Waals surface area contributed by atoms with Gasteiger partial charge in [0.05, 0.1) is 12.7 Å². The molecule has 0 spiro atoms. The fourth-order valence-corrected chi connectivity index (χ4v) is 1.47. The predicted octanol–water partition coefficient (Wildman–Crippen LogP) is 1.57. The van der Waals surface area contributed by atoms with Gasteiger partial charge in [0.25, 0.3) is 0 Å². The molecule has 0 aliphatic carbocycles. The smallest absolute Gasteiger partial charge is 0.141 e. The van der Waals surface area contributed by atoms with Crippen molar-refractivity contribution < 1.29 is 5.32 Å². The highest BCUT2D eigenvalue weighted by atomic mass is 35.5. The van der Waals surface area contributed by atoms with Crippen LogP contribution in [0.3, 0.4) is 0 Å². The second kappa shape index (κ2) is 4.47. The Kier molecular flexibility index (Phi) is 3.04. The first-order chi connectivity index (χ1) is 7.28. The molecule has 0 unspecified atom stereocenters. The van der Waals surface area contributed by atoms with Crippen molar-refractivity contribution in [2.24, 2.45) is 0 Å². The van der Waals surface area contributed by atoms with Crippen molar-refractivity contribution in [2.75, 3.05) is 0 Å². The molecule has 1 aromatic heterocycles. The van der Waals surface area contributed by atoms with Crippen LogP contribution >= 0.6 is 11.6 Å². The van der Waals surface area contributed by atoms with Gasteiger partial charge in [0, 0.05) is 5.02 Å². The van der Waals surface area contributed by atoms with Gasteiger partial charge >= 0.3 is 0 Å². The molecule has 0 saturated heterocycles. The van der Waals surface area contributed by atoms with Crippen LogP contribution in [0.15, 0.2) is 36.7 Å². The van der Waals surface area contributed by atoms with E-state index in [1.807, 2.05) is 35.1 Å². The lowest BCUT2D eigenvalue weighted by molar-refractivity contribution is -0.504. The van der Waals surface area contributed by atoms with Gasteiger partial charge in [0.15, 0.2) is 0 Å². The molecule has 3 nitrogen and oxygen atoms in total. The Morgan fingerprint density at radius 3 is 2.67 bits per heavy atom. The number of hydrogen-bond donors (Lipinski definition) is 1. The normalized spacial score (nSPS) is 10.5. The molecule has 1 heterocycles. The maximum atomic E-state index is 5.81. The first-order valence-corrected chi connectivity index (χ1v) is 5.05. The number of benzene rings is 1. The van der Waals surface area contributed by atoms with Crippen LogP contribution in [0.5, 0.6) is 0 Å². The molecule has 0 aliphatic rings. The highest BCUT2D eigenvalue weighted by Gasteiger charge is 1.99. The molecule has 0 saturated carbocycles. The van der Waals surface area contributed by atoms with Gasteiger partial charge in [-0.2, -0.15) is 5.10 Å². The minimum absolute atomic E-state index is 0.755. The minimum atomic E-state index is 0.755. The van der Waals surface area contributed by atoms with E-state index in [1.54, 1.807) is 11.5 Å². The fourth-order valence-electron chi connectivity index (χ4n) is 1.35. The molecular weight excluding hydrogens is 210 g/mol. The first kappa shape index (κ1) is 10.2. The lowest BCUT2D eigenvalue weighted by Crippen LogP contribution is -2.69. The Bertz CT molecular complexity index is 433. The van der Waals surface area contributed by atoms with Gasteiger partial charge in [-0.25, -0.2) is 0 Å². The van der Waals surface area contributed by atoms with E-state index in [4.69, 9.17) is 11.6 Å². The maximum absolute atomic E-state index is 5.81. The average Bonchev–Trinajstić information content (AvgIpc) is 2.69. The highest BCUT2D eigenvalue weighted by Crippen LogP contribution is 2.10. The van der Waals surface area contributed by atoms with Crippen molar-refractivity contribution in [3.8, 4) is 0 Å². The number of hydrogen-bond acceptors (Lipinski definition) is 1. The fraction of sp³-hybridized carbons (Fsp3) is 0.0909. The molecule has 2 N–H and O–H groups in total. The Morgan fingerprint density at radius 2 is 2.07 bits per heavy atom. The Hall–Kier alpha value is -1.32. The van der Waals surface area contributed by atoms with Crippen LogP contribution in [0.2, 0.25) is 5.02 Å². The molecule has 0 atom stereocenters. The number of quaternary nitrogens is 1. The predicted molar refractivity (Wildman–Crippen MR) is 59.7 cm³/mol. The topological polar surface area (TPSA) is 34.4 Å². The SMILES string of the molecule is [CH2-][NH2+]c1cnn(Cc2ccc(Cl)cc2)c1. The van der Waals surface area contributed by atoms with Crippen LogP contribution in [-0.2, 0) is 6.54 Å². The average molecular weight is 222 g/mol. The van der Waals surface area contributed by atoms with E-state index < -0.39 is 0 Å². The van der Waals surface area contributed by atoms with Crippen molar-refractivity contribution >= 4 is 17.3 Å². The van der Waals surface area contributed by atoms with Gasteiger partial charge in [-0.05, 0) is 17.7 Å². The standard InChI is InChI=1S/C11H12ClN3/c1-13-11-6-14-15(8-11)7-9-2-4-10(12)5-3-9/h2-6,8H,1,7,13H2. The molecule has 0 fully saturated rings. The largest absolute Gasteiger partial charge is 0.443 e. The Labute approximate surface area is 93.7 Å². The third-order valence-electron chi connectivity index (χ3n) is 2.15. The lowest BCUT2D eigenvalue weighted by Gasteiger charge is -2.01. The van der Waals surface area contributed by atoms with Crippen LogP contribution < -0.4 is 5.32 Å². The molecule has 0 bridgehead atoms. The molecular formula is C11H12ClN3. The van der Waals surface area contributed by atoms with Crippen molar-refractivity contribution in [1.29, 1.82) is 0 Å². The molecule has 0 aliphatic heterocycles. The quantitative estimate of drug-likeness (QED) is 0.785. The van der Waals surface area contributed by atoms with E-state index in [1.165, 1.54) is 5.56 Å². The third kappa shape index (κ3) is 2.58. The van der Waals surface area contributed by atoms with E-state index >= 15 is 0 Å². The number of nitrogens with zero attached hydrogens (tertiary/aromatic N) is 2. The molecule has 2 rings (SSSR count). The summed E-state index contributed by atoms with van der Waals surface area (Å²) in [7, 11) is 3.69. The van der Waals surface area contributed by atoms with E-state index in [2.05, 4.69) is 12.1 Å². The van der Waals surface area contributed by atoms with Crippen LogP contribution in [0, 0.1) is 7.05 Å². The summed E-state index contributed by atoms with van der Waals surface area (Å²) in [5, 5.41) is 6.76. The molecule has 4 heteroatoms. The summed E-state index contributed by atoms with van der Waals surface area (Å²) in [5.41, 5.74) is 2.21. The van der Waals surface area contributed by atoms with Crippen molar-refractivity contribution in [1.82, 2.24) is 9.78 Å². The molecule has 0 radical (unpaired) electrons. The Balaban J connectivity index is 2.11. The third-order valence-corrected chi connectivity index (χ3v) is 2.40. The van der Waals surface area contributed by atoms with Gasteiger partial charge in [-0.15, -0.1) is 7.05 Å². The zero-order valence-corrected chi connectivity index (χ0v) is 8.98. The number of aromatic nitrogens is 2. The van der Waals surface area contributed by atoms with Crippen LogP contribution in [-0.4, -0.2) is 9.78 Å². The summed E-state index contributed by atoms with van der Waals surface area (Å²) in [6.45, 7) is 0.755. The number of nitrogens with two attached hydrogens (primary N) is 1. The Morgan fingerprint density at radius 1 is 1.33 bits per heavy atom. The summed E-state index contributed by atoms with van der Waals surface area (Å²) >= 11 is 5.81. The first-order valence-electron chi connectivity index (χ1n) is 4.67. The van der Waals surface area contributed by atoms with Gasteiger partial charge in [-0.3, -0.25) is 4.68 Å². The van der Waals surface area contributed by atoms with Gasteiger partial charge in [0.1, 0.15) is 11.9 Å². The number of halogens is 1. The second-order valence-corrected chi connectivity index (χ2v) is 3.74. The van der Waals surface area contributed by atoms with Crippen LogP contribution in [0.25, 0.3) is 0 Å². The summed E-state index contributed by atoms with van der Waals surface area (Å²) in [4.78, 5) is 0. The van der Waals surface area contributed by atoms with E-state index in [0.717, 1.165) is 17.3 Å². The van der Waals surface area contributed by atoms with Crippen molar-refractivity contribution in [3.05, 3.63) is 54.3 Å². The zero-order valence-electron chi connectivity index (χ0n) is 8.23.